The van der Waals surface area contributed by atoms with Crippen molar-refractivity contribution in [1.82, 2.24) is 14.5 Å². The van der Waals surface area contributed by atoms with Crippen LogP contribution in [0.15, 0.2) is 46.1 Å². The van der Waals surface area contributed by atoms with Crippen LogP contribution in [0, 0.1) is 5.82 Å². The van der Waals surface area contributed by atoms with Crippen molar-refractivity contribution in [2.45, 2.75) is 19.5 Å². The van der Waals surface area contributed by atoms with E-state index in [-0.39, 0.29) is 24.3 Å². The molecule has 0 radical (unpaired) electrons. The fourth-order valence-corrected chi connectivity index (χ4v) is 2.01. The zero-order valence-electron chi connectivity index (χ0n) is 12.2. The number of carbonyl (C=O) groups is 1. The second-order valence-electron chi connectivity index (χ2n) is 4.97. The third-order valence-corrected chi connectivity index (χ3v) is 3.53. The lowest BCUT2D eigenvalue weighted by Crippen LogP contribution is -2.37. The summed E-state index contributed by atoms with van der Waals surface area (Å²) in [5.41, 5.74) is -0.364. The van der Waals surface area contributed by atoms with Crippen LogP contribution in [0.3, 0.4) is 0 Å². The normalized spacial score (nSPS) is 12.0. The number of likely N-dealkylation sites (N-methyl/N-ethyl adjacent to an activating group) is 1. The Morgan fingerprint density at radius 3 is 2.50 bits per heavy atom. The van der Waals surface area contributed by atoms with E-state index >= 15 is 0 Å². The number of halogens is 1. The molecule has 0 aliphatic heterocycles. The van der Waals surface area contributed by atoms with Crippen molar-refractivity contribution in [1.29, 1.82) is 0 Å². The summed E-state index contributed by atoms with van der Waals surface area (Å²) in [4.78, 5) is 38.3. The number of amides is 1. The Kier molecular flexibility index (Phi) is 4.55. The molecule has 1 aromatic carbocycles. The topological polar surface area (TPSA) is 75.2 Å². The molecule has 0 saturated carbocycles. The second kappa shape index (κ2) is 6.38. The van der Waals surface area contributed by atoms with Crippen LogP contribution in [0.25, 0.3) is 0 Å². The van der Waals surface area contributed by atoms with E-state index in [0.717, 1.165) is 10.1 Å². The minimum atomic E-state index is -0.635. The molecule has 22 heavy (non-hydrogen) atoms. The van der Waals surface area contributed by atoms with Crippen molar-refractivity contribution < 1.29 is 9.18 Å². The van der Waals surface area contributed by atoms with Gasteiger partial charge in [-0.2, -0.15) is 0 Å². The smallest absolute Gasteiger partial charge is 0.328 e. The van der Waals surface area contributed by atoms with Gasteiger partial charge in [-0.25, -0.2) is 9.18 Å². The summed E-state index contributed by atoms with van der Waals surface area (Å²) in [5.74, 6) is -0.643. The van der Waals surface area contributed by atoms with E-state index < -0.39 is 11.2 Å². The quantitative estimate of drug-likeness (QED) is 0.911. The van der Waals surface area contributed by atoms with Gasteiger partial charge in [-0.15, -0.1) is 0 Å². The lowest BCUT2D eigenvalue weighted by Gasteiger charge is -2.25. The number of benzene rings is 1. The van der Waals surface area contributed by atoms with Crippen LogP contribution in [0.5, 0.6) is 0 Å². The first-order chi connectivity index (χ1) is 10.4. The number of rotatable bonds is 4. The molecule has 2 rings (SSSR count). The van der Waals surface area contributed by atoms with Crippen LogP contribution in [0.2, 0.25) is 0 Å². The maximum absolute atomic E-state index is 12.9. The highest BCUT2D eigenvalue weighted by Gasteiger charge is 2.18. The molecule has 0 bridgehead atoms. The predicted octanol–water partition coefficient (Wildman–Crippen LogP) is 0.895. The van der Waals surface area contributed by atoms with Gasteiger partial charge in [0.25, 0.3) is 5.56 Å². The van der Waals surface area contributed by atoms with Gasteiger partial charge in [0.15, 0.2) is 0 Å². The Morgan fingerprint density at radius 2 is 1.91 bits per heavy atom. The van der Waals surface area contributed by atoms with Crippen LogP contribution in [0.1, 0.15) is 18.5 Å². The van der Waals surface area contributed by atoms with Gasteiger partial charge in [0.05, 0.1) is 6.04 Å². The van der Waals surface area contributed by atoms with Gasteiger partial charge < -0.3 is 4.90 Å². The van der Waals surface area contributed by atoms with Crippen LogP contribution < -0.4 is 11.2 Å². The van der Waals surface area contributed by atoms with Crippen molar-refractivity contribution >= 4 is 5.91 Å². The van der Waals surface area contributed by atoms with Gasteiger partial charge in [-0.05, 0) is 24.6 Å². The first-order valence-electron chi connectivity index (χ1n) is 6.69. The number of nitrogens with one attached hydrogen (secondary N) is 1. The number of hydrogen-bond acceptors (Lipinski definition) is 3. The molecule has 2 aromatic rings. The first-order valence-corrected chi connectivity index (χ1v) is 6.69. The highest BCUT2D eigenvalue weighted by atomic mass is 19.1. The van der Waals surface area contributed by atoms with Crippen molar-refractivity contribution in [2.24, 2.45) is 0 Å². The predicted molar refractivity (Wildman–Crippen MR) is 78.9 cm³/mol. The molecule has 1 N–H and O–H groups in total. The van der Waals surface area contributed by atoms with Crippen LogP contribution >= 0.6 is 0 Å². The van der Waals surface area contributed by atoms with E-state index in [4.69, 9.17) is 0 Å². The summed E-state index contributed by atoms with van der Waals surface area (Å²) in [5, 5.41) is 0. The molecule has 0 aliphatic carbocycles. The number of aromatic nitrogens is 2. The standard InChI is InChI=1S/C15H16FN3O3/c1-10(11-3-5-12(16)6-4-11)18(2)14(21)9-19-8-7-13(20)17-15(19)22/h3-8,10H,9H2,1-2H3,(H,17,20,22). The number of carbonyl (C=O) groups excluding carboxylic acids is 1. The Bertz CT molecular complexity index is 780. The molecule has 7 heteroatoms. The zero-order chi connectivity index (χ0) is 16.3. The summed E-state index contributed by atoms with van der Waals surface area (Å²) in [7, 11) is 1.60. The molecule has 1 heterocycles. The number of nitrogens with zero attached hydrogens (tertiary/aromatic N) is 2. The average Bonchev–Trinajstić information content (AvgIpc) is 2.49. The minimum absolute atomic E-state index is 0.183. The van der Waals surface area contributed by atoms with Gasteiger partial charge in [0, 0.05) is 19.3 Å². The van der Waals surface area contributed by atoms with Gasteiger partial charge in [-0.3, -0.25) is 19.1 Å². The SMILES string of the molecule is CC(c1ccc(F)cc1)N(C)C(=O)Cn1ccc(=O)[nH]c1=O. The van der Waals surface area contributed by atoms with Crippen molar-refractivity contribution in [3.05, 3.63) is 68.7 Å². The second-order valence-corrected chi connectivity index (χ2v) is 4.97. The molecule has 0 fully saturated rings. The summed E-state index contributed by atoms with van der Waals surface area (Å²) in [6, 6.07) is 6.78. The Labute approximate surface area is 125 Å². The van der Waals surface area contributed by atoms with E-state index in [2.05, 4.69) is 4.98 Å². The Balaban J connectivity index is 2.13. The highest BCUT2D eigenvalue weighted by Crippen LogP contribution is 2.19. The van der Waals surface area contributed by atoms with Gasteiger partial charge >= 0.3 is 5.69 Å². The molecule has 1 aromatic heterocycles. The van der Waals surface area contributed by atoms with Gasteiger partial charge in [-0.1, -0.05) is 12.1 Å². The molecule has 1 atom stereocenters. The molecule has 0 spiro atoms. The Hall–Kier alpha value is -2.70. The fraction of sp³-hybridized carbons (Fsp3) is 0.267. The molecular weight excluding hydrogens is 289 g/mol. The number of H-pyrrole nitrogens is 1. The highest BCUT2D eigenvalue weighted by molar-refractivity contribution is 5.76. The molecule has 0 saturated heterocycles. The lowest BCUT2D eigenvalue weighted by atomic mass is 10.1. The van der Waals surface area contributed by atoms with E-state index in [0.29, 0.717) is 0 Å². The maximum atomic E-state index is 12.9. The summed E-state index contributed by atoms with van der Waals surface area (Å²) in [6.07, 6.45) is 1.27. The maximum Gasteiger partial charge on any atom is 0.328 e. The fourth-order valence-electron chi connectivity index (χ4n) is 2.01. The van der Waals surface area contributed by atoms with E-state index in [1.54, 1.807) is 26.1 Å². The van der Waals surface area contributed by atoms with Crippen LogP contribution in [0.4, 0.5) is 4.39 Å². The molecule has 1 unspecified atom stereocenters. The average molecular weight is 305 g/mol. The number of hydrogen-bond donors (Lipinski definition) is 1. The summed E-state index contributed by atoms with van der Waals surface area (Å²) < 4.78 is 14.0. The van der Waals surface area contributed by atoms with Crippen molar-refractivity contribution in [3.63, 3.8) is 0 Å². The summed E-state index contributed by atoms with van der Waals surface area (Å²) >= 11 is 0. The lowest BCUT2D eigenvalue weighted by molar-refractivity contribution is -0.132. The zero-order valence-corrected chi connectivity index (χ0v) is 12.2. The van der Waals surface area contributed by atoms with E-state index in [9.17, 15) is 18.8 Å². The number of aromatic amines is 1. The molecule has 1 amide bonds. The molecular formula is C15H16FN3O3. The summed E-state index contributed by atoms with van der Waals surface area (Å²) in [6.45, 7) is 1.62. The third-order valence-electron chi connectivity index (χ3n) is 3.53. The van der Waals surface area contributed by atoms with E-state index in [1.807, 2.05) is 0 Å². The molecule has 116 valence electrons. The van der Waals surface area contributed by atoms with E-state index in [1.165, 1.54) is 29.3 Å². The van der Waals surface area contributed by atoms with Crippen molar-refractivity contribution in [2.75, 3.05) is 7.05 Å². The minimum Gasteiger partial charge on any atom is -0.337 e. The van der Waals surface area contributed by atoms with Crippen molar-refractivity contribution in [3.8, 4) is 0 Å². The van der Waals surface area contributed by atoms with Gasteiger partial charge in [0.1, 0.15) is 12.4 Å². The Morgan fingerprint density at radius 1 is 1.27 bits per heavy atom. The molecule has 6 nitrogen and oxygen atoms in total. The van der Waals surface area contributed by atoms with Crippen LogP contribution in [-0.4, -0.2) is 27.4 Å². The first kappa shape index (κ1) is 15.7. The monoisotopic (exact) mass is 305 g/mol. The van der Waals surface area contributed by atoms with Gasteiger partial charge in [0.2, 0.25) is 5.91 Å². The molecule has 0 aliphatic rings. The van der Waals surface area contributed by atoms with Crippen LogP contribution in [-0.2, 0) is 11.3 Å². The third kappa shape index (κ3) is 3.49. The largest absolute Gasteiger partial charge is 0.337 e.